The van der Waals surface area contributed by atoms with Crippen LogP contribution >= 0.6 is 0 Å². The van der Waals surface area contributed by atoms with E-state index in [1.807, 2.05) is 5.43 Å². The molecule has 0 unspecified atom stereocenters. The van der Waals surface area contributed by atoms with Gasteiger partial charge in [-0.1, -0.05) is 0 Å². The average molecular weight is 181 g/mol. The number of aromatic carboxylic acids is 1. The number of pyridine rings is 1. The molecule has 1 aromatic heterocycles. The lowest BCUT2D eigenvalue weighted by molar-refractivity contribution is 0.0695. The van der Waals surface area contributed by atoms with Gasteiger partial charge in [0, 0.05) is 6.20 Å². The number of hydrazine groups is 1. The van der Waals surface area contributed by atoms with Gasteiger partial charge >= 0.3 is 5.97 Å². The molecule has 4 N–H and O–H groups in total. The summed E-state index contributed by atoms with van der Waals surface area (Å²) in [6.45, 7) is 0. The van der Waals surface area contributed by atoms with Crippen molar-refractivity contribution in [2.24, 2.45) is 5.84 Å². The van der Waals surface area contributed by atoms with Gasteiger partial charge in [-0.3, -0.25) is 15.2 Å². The number of nitrogen functional groups attached to an aromatic ring is 1. The fraction of sp³-hybridized carbons (Fsp3) is 0. The molecule has 0 atom stereocenters. The van der Waals surface area contributed by atoms with Crippen LogP contribution in [0.4, 0.5) is 0 Å². The van der Waals surface area contributed by atoms with Gasteiger partial charge in [-0.2, -0.15) is 0 Å². The molecular formula is C7H7N3O3. The molecule has 0 aliphatic heterocycles. The van der Waals surface area contributed by atoms with E-state index < -0.39 is 11.9 Å². The monoisotopic (exact) mass is 181 g/mol. The topological polar surface area (TPSA) is 105 Å². The Hall–Kier alpha value is -1.95. The molecule has 1 aromatic rings. The van der Waals surface area contributed by atoms with Gasteiger partial charge in [0.25, 0.3) is 5.91 Å². The van der Waals surface area contributed by atoms with Crippen LogP contribution in [-0.2, 0) is 0 Å². The Bertz CT molecular complexity index is 333. The summed E-state index contributed by atoms with van der Waals surface area (Å²) in [4.78, 5) is 24.8. The van der Waals surface area contributed by atoms with Gasteiger partial charge in [-0.25, -0.2) is 10.6 Å². The van der Waals surface area contributed by atoms with Crippen molar-refractivity contribution in [1.82, 2.24) is 10.4 Å². The number of nitrogens with one attached hydrogen (secondary N) is 1. The molecule has 0 aliphatic carbocycles. The third kappa shape index (κ3) is 2.00. The number of carboxylic acid groups (broad SMARTS) is 1. The first-order valence-electron chi connectivity index (χ1n) is 3.35. The molecule has 0 spiro atoms. The molecule has 0 radical (unpaired) electrons. The molecule has 0 bridgehead atoms. The van der Waals surface area contributed by atoms with Gasteiger partial charge in [0.15, 0.2) is 0 Å². The highest BCUT2D eigenvalue weighted by atomic mass is 16.4. The van der Waals surface area contributed by atoms with E-state index in [1.54, 1.807) is 0 Å². The third-order valence-electron chi connectivity index (χ3n) is 1.37. The van der Waals surface area contributed by atoms with Crippen LogP contribution in [0.2, 0.25) is 0 Å². The van der Waals surface area contributed by atoms with Crippen molar-refractivity contribution in [2.45, 2.75) is 0 Å². The number of aromatic nitrogens is 1. The number of rotatable bonds is 2. The molecule has 1 heterocycles. The number of carbonyl (C=O) groups is 2. The van der Waals surface area contributed by atoms with E-state index in [1.165, 1.54) is 12.1 Å². The minimum atomic E-state index is -1.09. The van der Waals surface area contributed by atoms with E-state index in [4.69, 9.17) is 10.9 Å². The van der Waals surface area contributed by atoms with Crippen LogP contribution in [0.5, 0.6) is 0 Å². The fourth-order valence-electron chi connectivity index (χ4n) is 0.729. The van der Waals surface area contributed by atoms with Crippen LogP contribution < -0.4 is 11.3 Å². The third-order valence-corrected chi connectivity index (χ3v) is 1.37. The second-order valence-corrected chi connectivity index (χ2v) is 2.21. The molecule has 6 heteroatoms. The van der Waals surface area contributed by atoms with Crippen LogP contribution in [-0.4, -0.2) is 22.0 Å². The summed E-state index contributed by atoms with van der Waals surface area (Å²) in [7, 11) is 0. The number of carbonyl (C=O) groups excluding carboxylic acids is 1. The quantitative estimate of drug-likeness (QED) is 0.320. The maximum Gasteiger partial charge on any atom is 0.337 e. The van der Waals surface area contributed by atoms with Crippen molar-refractivity contribution < 1.29 is 14.7 Å². The molecule has 0 saturated heterocycles. The lowest BCUT2D eigenvalue weighted by Crippen LogP contribution is -2.30. The van der Waals surface area contributed by atoms with Crippen molar-refractivity contribution in [3.63, 3.8) is 0 Å². The van der Waals surface area contributed by atoms with Crippen LogP contribution in [0.3, 0.4) is 0 Å². The van der Waals surface area contributed by atoms with E-state index in [9.17, 15) is 9.59 Å². The molecule has 0 aliphatic rings. The minimum Gasteiger partial charge on any atom is -0.478 e. The molecule has 13 heavy (non-hydrogen) atoms. The molecule has 6 nitrogen and oxygen atoms in total. The second kappa shape index (κ2) is 3.63. The zero-order valence-electron chi connectivity index (χ0n) is 6.52. The molecule has 68 valence electrons. The molecule has 0 saturated carbocycles. The fourth-order valence-corrected chi connectivity index (χ4v) is 0.729. The predicted molar refractivity (Wildman–Crippen MR) is 42.8 cm³/mol. The van der Waals surface area contributed by atoms with Gasteiger partial charge < -0.3 is 5.11 Å². The van der Waals surface area contributed by atoms with Crippen molar-refractivity contribution >= 4 is 11.9 Å². The highest BCUT2D eigenvalue weighted by Gasteiger charge is 2.07. The Labute approximate surface area is 73.4 Å². The van der Waals surface area contributed by atoms with E-state index in [0.29, 0.717) is 0 Å². The van der Waals surface area contributed by atoms with E-state index in [2.05, 4.69) is 4.98 Å². The first kappa shape index (κ1) is 9.14. The summed E-state index contributed by atoms with van der Waals surface area (Å²) in [5.41, 5.74) is 1.98. The number of carboxylic acids is 1. The Morgan fingerprint density at radius 2 is 2.15 bits per heavy atom. The normalized spacial score (nSPS) is 9.31. The standard InChI is InChI=1S/C7H7N3O3/c8-10-6(11)5-2-1-4(3-9-5)7(12)13/h1-3H,8H2,(H,10,11)(H,12,13). The second-order valence-electron chi connectivity index (χ2n) is 2.21. The summed E-state index contributed by atoms with van der Waals surface area (Å²) < 4.78 is 0. The number of hydrogen-bond donors (Lipinski definition) is 3. The lowest BCUT2D eigenvalue weighted by Gasteiger charge is -1.98. The summed E-state index contributed by atoms with van der Waals surface area (Å²) in [6, 6.07) is 2.56. The Morgan fingerprint density at radius 1 is 1.46 bits per heavy atom. The molecule has 1 rings (SSSR count). The number of hydrogen-bond acceptors (Lipinski definition) is 4. The van der Waals surface area contributed by atoms with Gasteiger partial charge in [0.2, 0.25) is 0 Å². The molecule has 1 amide bonds. The summed E-state index contributed by atoms with van der Waals surface area (Å²) in [5, 5.41) is 8.51. The zero-order valence-corrected chi connectivity index (χ0v) is 6.52. The summed E-state index contributed by atoms with van der Waals surface area (Å²) in [5.74, 6) is 3.20. The first-order valence-corrected chi connectivity index (χ1v) is 3.35. The van der Waals surface area contributed by atoms with Crippen molar-refractivity contribution in [3.8, 4) is 0 Å². The minimum absolute atomic E-state index is 0.0218. The van der Waals surface area contributed by atoms with E-state index in [0.717, 1.165) is 6.20 Å². The Kier molecular flexibility index (Phi) is 2.56. The smallest absolute Gasteiger partial charge is 0.337 e. The maximum absolute atomic E-state index is 10.8. The van der Waals surface area contributed by atoms with E-state index >= 15 is 0 Å². The highest BCUT2D eigenvalue weighted by molar-refractivity contribution is 5.93. The average Bonchev–Trinajstić information content (AvgIpc) is 2.17. The number of nitrogens with two attached hydrogens (primary N) is 1. The summed E-state index contributed by atoms with van der Waals surface area (Å²) in [6.07, 6.45) is 1.09. The highest BCUT2D eigenvalue weighted by Crippen LogP contribution is 1.99. The predicted octanol–water partition coefficient (Wildman–Crippen LogP) is -0.617. The molecule has 0 fully saturated rings. The van der Waals surface area contributed by atoms with Crippen molar-refractivity contribution in [3.05, 3.63) is 29.6 Å². The molecule has 0 aromatic carbocycles. The van der Waals surface area contributed by atoms with Gasteiger partial charge in [-0.15, -0.1) is 0 Å². The van der Waals surface area contributed by atoms with Crippen LogP contribution in [0.15, 0.2) is 18.3 Å². The van der Waals surface area contributed by atoms with Gasteiger partial charge in [0.1, 0.15) is 5.69 Å². The Balaban J connectivity index is 2.93. The van der Waals surface area contributed by atoms with Crippen LogP contribution in [0.1, 0.15) is 20.8 Å². The Morgan fingerprint density at radius 3 is 2.54 bits per heavy atom. The van der Waals surface area contributed by atoms with Crippen molar-refractivity contribution in [2.75, 3.05) is 0 Å². The van der Waals surface area contributed by atoms with Crippen LogP contribution in [0, 0.1) is 0 Å². The SMILES string of the molecule is NNC(=O)c1ccc(C(=O)O)cn1. The maximum atomic E-state index is 10.8. The summed E-state index contributed by atoms with van der Waals surface area (Å²) >= 11 is 0. The lowest BCUT2D eigenvalue weighted by atomic mass is 10.2. The largest absolute Gasteiger partial charge is 0.478 e. The number of amides is 1. The van der Waals surface area contributed by atoms with Crippen LogP contribution in [0.25, 0.3) is 0 Å². The first-order chi connectivity index (χ1) is 6.15. The van der Waals surface area contributed by atoms with E-state index in [-0.39, 0.29) is 11.3 Å². The van der Waals surface area contributed by atoms with Gasteiger partial charge in [0.05, 0.1) is 5.56 Å². The zero-order chi connectivity index (χ0) is 9.84. The molecular weight excluding hydrogens is 174 g/mol. The number of nitrogens with zero attached hydrogens (tertiary/aromatic N) is 1. The van der Waals surface area contributed by atoms with Crippen molar-refractivity contribution in [1.29, 1.82) is 0 Å². The van der Waals surface area contributed by atoms with Gasteiger partial charge in [-0.05, 0) is 12.1 Å².